The third-order valence-corrected chi connectivity index (χ3v) is 5.85. The smallest absolute Gasteiger partial charge is 0.337 e. The van der Waals surface area contributed by atoms with Gasteiger partial charge in [-0.3, -0.25) is 10.3 Å². The summed E-state index contributed by atoms with van der Waals surface area (Å²) in [6.45, 7) is 0.541. The van der Waals surface area contributed by atoms with Crippen molar-refractivity contribution in [2.75, 3.05) is 19.0 Å². The molecule has 0 amide bonds. The molecule has 164 valence electrons. The summed E-state index contributed by atoms with van der Waals surface area (Å²) in [5, 5.41) is 13.0. The van der Waals surface area contributed by atoms with Crippen molar-refractivity contribution < 1.29 is 19.5 Å². The number of amidine groups is 1. The lowest BCUT2D eigenvalue weighted by atomic mass is 9.95. The number of carboxylic acids is 1. The van der Waals surface area contributed by atoms with Crippen LogP contribution in [0.3, 0.4) is 0 Å². The zero-order valence-electron chi connectivity index (χ0n) is 17.3. The molecule has 0 aliphatic carbocycles. The Morgan fingerprint density at radius 2 is 1.91 bits per heavy atom. The minimum absolute atomic E-state index is 0.147. The van der Waals surface area contributed by atoms with Crippen LogP contribution in [0.15, 0.2) is 77.8 Å². The van der Waals surface area contributed by atoms with E-state index in [0.29, 0.717) is 18.1 Å². The van der Waals surface area contributed by atoms with Crippen LogP contribution in [0.2, 0.25) is 0 Å². The molecule has 2 unspecified atom stereocenters. The Hall–Kier alpha value is -3.11. The molecule has 0 saturated carbocycles. The van der Waals surface area contributed by atoms with Gasteiger partial charge in [0.2, 0.25) is 0 Å². The number of carboxylic acid groups (broad SMARTS) is 1. The normalized spacial score (nSPS) is 18.9. The molecule has 7 nitrogen and oxygen atoms in total. The van der Waals surface area contributed by atoms with E-state index in [0.717, 1.165) is 20.6 Å². The van der Waals surface area contributed by atoms with Crippen LogP contribution in [-0.2, 0) is 4.84 Å². The number of aromatic carboxylic acids is 1. The maximum Gasteiger partial charge on any atom is 0.337 e. The second-order valence-corrected chi connectivity index (χ2v) is 8.48. The van der Waals surface area contributed by atoms with Gasteiger partial charge in [0.05, 0.1) is 24.3 Å². The molecule has 1 aliphatic heterocycles. The lowest BCUT2D eigenvalue weighted by Crippen LogP contribution is -2.26. The molecule has 1 saturated heterocycles. The number of aliphatic imine (C=N–C) groups is 1. The van der Waals surface area contributed by atoms with Crippen LogP contribution < -0.4 is 15.5 Å². The minimum Gasteiger partial charge on any atom is -0.497 e. The Morgan fingerprint density at radius 3 is 2.59 bits per heavy atom. The maximum atomic E-state index is 11.7. The Bertz CT molecular complexity index is 1120. The molecule has 0 bridgehead atoms. The summed E-state index contributed by atoms with van der Waals surface area (Å²) in [7, 11) is 1.63. The molecule has 8 heteroatoms. The highest BCUT2D eigenvalue weighted by atomic mass is 127. The molecular weight excluding hydrogens is 521 g/mol. The highest BCUT2D eigenvalue weighted by Crippen LogP contribution is 2.34. The molecule has 1 heterocycles. The number of hydroxylamine groups is 1. The van der Waals surface area contributed by atoms with Crippen LogP contribution in [0.1, 0.15) is 22.0 Å². The monoisotopic (exact) mass is 543 g/mol. The van der Waals surface area contributed by atoms with Crippen molar-refractivity contribution in [2.24, 2.45) is 10.9 Å². The lowest BCUT2D eigenvalue weighted by Gasteiger charge is -2.18. The highest BCUT2D eigenvalue weighted by Gasteiger charge is 2.36. The molecule has 0 radical (unpaired) electrons. The number of hydrogen-bond donors (Lipinski definition) is 3. The summed E-state index contributed by atoms with van der Waals surface area (Å²) >= 11 is 2.09. The molecule has 1 fully saturated rings. The Balaban J connectivity index is 1.67. The van der Waals surface area contributed by atoms with Crippen molar-refractivity contribution in [1.29, 1.82) is 0 Å². The topological polar surface area (TPSA) is 92.2 Å². The van der Waals surface area contributed by atoms with Crippen LogP contribution in [0.4, 0.5) is 11.4 Å². The first kappa shape index (κ1) is 22.1. The highest BCUT2D eigenvalue weighted by molar-refractivity contribution is 14.1. The largest absolute Gasteiger partial charge is 0.497 e. The van der Waals surface area contributed by atoms with Crippen LogP contribution in [0.5, 0.6) is 5.75 Å². The van der Waals surface area contributed by atoms with Gasteiger partial charge in [-0.05, 0) is 70.6 Å². The summed E-state index contributed by atoms with van der Waals surface area (Å²) in [5.41, 5.74) is 5.40. The van der Waals surface area contributed by atoms with Gasteiger partial charge in [-0.15, -0.1) is 0 Å². The zero-order chi connectivity index (χ0) is 22.5. The number of ether oxygens (including phenoxy) is 1. The summed E-state index contributed by atoms with van der Waals surface area (Å²) in [6.07, 6.45) is -0.312. The van der Waals surface area contributed by atoms with Crippen molar-refractivity contribution >= 4 is 45.8 Å². The Kier molecular flexibility index (Phi) is 6.91. The molecule has 0 spiro atoms. The number of anilines is 1. The van der Waals surface area contributed by atoms with E-state index in [4.69, 9.17) is 9.57 Å². The Labute approximate surface area is 199 Å². The molecule has 32 heavy (non-hydrogen) atoms. The molecule has 4 rings (SSSR count). The van der Waals surface area contributed by atoms with Crippen molar-refractivity contribution in [2.45, 2.75) is 6.10 Å². The first-order valence-electron chi connectivity index (χ1n) is 10.0. The fraction of sp³-hybridized carbons (Fsp3) is 0.167. The van der Waals surface area contributed by atoms with Gasteiger partial charge >= 0.3 is 5.97 Å². The average molecular weight is 543 g/mol. The van der Waals surface area contributed by atoms with Crippen molar-refractivity contribution in [3.63, 3.8) is 0 Å². The predicted molar refractivity (Wildman–Crippen MR) is 132 cm³/mol. The van der Waals surface area contributed by atoms with E-state index in [9.17, 15) is 9.90 Å². The predicted octanol–water partition coefficient (Wildman–Crippen LogP) is 5.03. The van der Waals surface area contributed by atoms with Gasteiger partial charge in [0.1, 0.15) is 17.7 Å². The van der Waals surface area contributed by atoms with Gasteiger partial charge in [0, 0.05) is 15.8 Å². The van der Waals surface area contributed by atoms with Gasteiger partial charge < -0.3 is 15.2 Å². The maximum absolute atomic E-state index is 11.7. The van der Waals surface area contributed by atoms with E-state index in [2.05, 4.69) is 38.4 Å². The van der Waals surface area contributed by atoms with Gasteiger partial charge in [-0.2, -0.15) is 0 Å². The third-order valence-electron chi connectivity index (χ3n) is 5.18. The van der Waals surface area contributed by atoms with Crippen molar-refractivity contribution in [3.8, 4) is 5.75 Å². The third kappa shape index (κ3) is 5.03. The number of carbonyl (C=O) groups is 1. The first-order valence-corrected chi connectivity index (χ1v) is 11.1. The van der Waals surface area contributed by atoms with Crippen LogP contribution in [-0.4, -0.2) is 30.6 Å². The number of nitrogens with one attached hydrogen (secondary N) is 2. The van der Waals surface area contributed by atoms with E-state index >= 15 is 0 Å². The standard InChI is InChI=1S/C24H22IN3O4/c1-31-18-10-7-15(8-11-18)22-20(14-26-17-5-3-2-4-6-17)23(28-32-22)27-21-12-9-16(25)13-19(21)24(29)30/h2-13,20,22,26H,14H2,1H3,(H,27,28)(H,29,30). The van der Waals surface area contributed by atoms with Crippen LogP contribution in [0, 0.1) is 9.49 Å². The van der Waals surface area contributed by atoms with Crippen LogP contribution >= 0.6 is 22.6 Å². The second-order valence-electron chi connectivity index (χ2n) is 7.23. The number of halogens is 1. The van der Waals surface area contributed by atoms with E-state index in [1.165, 1.54) is 0 Å². The first-order chi connectivity index (χ1) is 15.5. The van der Waals surface area contributed by atoms with E-state index < -0.39 is 5.97 Å². The summed E-state index contributed by atoms with van der Waals surface area (Å²) in [4.78, 5) is 22.3. The van der Waals surface area contributed by atoms with Crippen LogP contribution in [0.25, 0.3) is 0 Å². The second kappa shape index (κ2) is 10.0. The average Bonchev–Trinajstić information content (AvgIpc) is 3.21. The molecule has 3 N–H and O–H groups in total. The van der Waals surface area contributed by atoms with E-state index in [-0.39, 0.29) is 17.6 Å². The fourth-order valence-electron chi connectivity index (χ4n) is 3.52. The number of methoxy groups -OCH3 is 1. The molecule has 2 atom stereocenters. The molecule has 3 aromatic carbocycles. The Morgan fingerprint density at radius 1 is 1.16 bits per heavy atom. The lowest BCUT2D eigenvalue weighted by molar-refractivity contribution is 0.0296. The van der Waals surface area contributed by atoms with Gasteiger partial charge in [-0.1, -0.05) is 30.3 Å². The summed E-state index contributed by atoms with van der Waals surface area (Å²) in [5.74, 6) is 0.132. The fourth-order valence-corrected chi connectivity index (χ4v) is 4.01. The minimum atomic E-state index is -1.02. The number of rotatable bonds is 7. The summed E-state index contributed by atoms with van der Waals surface area (Å²) in [6, 6.07) is 22.7. The van der Waals surface area contributed by atoms with Gasteiger partial charge in [0.25, 0.3) is 0 Å². The van der Waals surface area contributed by atoms with Crippen molar-refractivity contribution in [3.05, 3.63) is 87.5 Å². The number of nitrogens with zero attached hydrogens (tertiary/aromatic N) is 1. The number of hydrogen-bond acceptors (Lipinski definition) is 5. The van der Waals surface area contributed by atoms with Gasteiger partial charge in [-0.25, -0.2) is 9.79 Å². The molecular formula is C24H22IN3O4. The van der Waals surface area contributed by atoms with E-state index in [1.807, 2.05) is 60.7 Å². The molecule has 3 aromatic rings. The van der Waals surface area contributed by atoms with E-state index in [1.54, 1.807) is 19.2 Å². The zero-order valence-corrected chi connectivity index (χ0v) is 19.4. The number of benzene rings is 3. The number of para-hydroxylation sites is 1. The molecule has 1 aliphatic rings. The van der Waals surface area contributed by atoms with Gasteiger partial charge in [0.15, 0.2) is 0 Å². The SMILES string of the molecule is COc1ccc(C2ONC(=Nc3ccc(I)cc3C(=O)O)C2CNc2ccccc2)cc1. The summed E-state index contributed by atoms with van der Waals surface area (Å²) < 4.78 is 6.09. The molecule has 0 aromatic heterocycles. The van der Waals surface area contributed by atoms with Crippen molar-refractivity contribution in [1.82, 2.24) is 5.48 Å². The quantitative estimate of drug-likeness (QED) is 0.362.